The molecule has 1 aromatic rings. The van der Waals surface area contributed by atoms with Crippen molar-refractivity contribution in [2.24, 2.45) is 5.84 Å². The molecule has 0 unspecified atom stereocenters. The maximum Gasteiger partial charge on any atom is 0.166 e. The second kappa shape index (κ2) is 2.66. The third-order valence-corrected chi connectivity index (χ3v) is 1.20. The van der Waals surface area contributed by atoms with Crippen LogP contribution >= 0.6 is 0 Å². The maximum absolute atomic E-state index is 5.15. The van der Waals surface area contributed by atoms with E-state index in [1.807, 2.05) is 14.8 Å². The van der Waals surface area contributed by atoms with E-state index in [0.717, 1.165) is 11.3 Å². The van der Waals surface area contributed by atoms with Gasteiger partial charge in [-0.25, -0.2) is 10.8 Å². The normalized spacial score (nSPS) is 9.40. The highest BCUT2D eigenvalue weighted by Crippen LogP contribution is 2.00. The van der Waals surface area contributed by atoms with Gasteiger partial charge in [0.15, 0.2) is 13.7 Å². The van der Waals surface area contributed by atoms with E-state index in [1.165, 1.54) is 0 Å². The molecule has 0 aliphatic heterocycles. The van der Waals surface area contributed by atoms with Crippen LogP contribution in [-0.4, -0.2) is 17.8 Å². The summed E-state index contributed by atoms with van der Waals surface area (Å²) in [4.78, 5) is 8.14. The summed E-state index contributed by atoms with van der Waals surface area (Å²) in [7, 11) is 1.89. The van der Waals surface area contributed by atoms with Crippen LogP contribution in [0.4, 0.5) is 5.82 Å². The number of hydrogen-bond acceptors (Lipinski definition) is 4. The first kappa shape index (κ1) is 7.02. The molecule has 0 aliphatic rings. The van der Waals surface area contributed by atoms with Gasteiger partial charge in [-0.1, -0.05) is 0 Å². The second-order valence-corrected chi connectivity index (χ2v) is 2.09. The van der Waals surface area contributed by atoms with Crippen molar-refractivity contribution in [1.82, 2.24) is 9.97 Å². The number of aromatic nitrogens is 2. The highest BCUT2D eigenvalue weighted by molar-refractivity contribution is 6.30. The van der Waals surface area contributed by atoms with E-state index in [2.05, 4.69) is 15.4 Å². The van der Waals surface area contributed by atoms with Crippen molar-refractivity contribution >= 4 is 19.3 Å². The lowest BCUT2D eigenvalue weighted by Crippen LogP contribution is -2.16. The van der Waals surface area contributed by atoms with Gasteiger partial charge in [-0.2, -0.15) is 0 Å². The molecule has 0 fully saturated rings. The summed E-state index contributed by atoms with van der Waals surface area (Å²) < 4.78 is 0. The van der Waals surface area contributed by atoms with Crippen molar-refractivity contribution in [3.05, 3.63) is 11.9 Å². The summed E-state index contributed by atoms with van der Waals surface area (Å²) in [5.74, 6) is 5.78. The summed E-state index contributed by atoms with van der Waals surface area (Å²) in [6.07, 6.45) is 1.67. The van der Waals surface area contributed by atoms with Crippen LogP contribution in [0, 0.1) is 6.92 Å². The minimum atomic E-state index is 0.630. The van der Waals surface area contributed by atoms with Crippen LogP contribution in [0.2, 0.25) is 0 Å². The fourth-order valence-corrected chi connectivity index (χ4v) is 0.739. The molecule has 1 aromatic heterocycles. The molecular formula is C5H9BN4. The zero-order chi connectivity index (χ0) is 7.56. The van der Waals surface area contributed by atoms with Gasteiger partial charge in [0.2, 0.25) is 0 Å². The Morgan fingerprint density at radius 3 is 2.90 bits per heavy atom. The van der Waals surface area contributed by atoms with E-state index in [-0.39, 0.29) is 0 Å². The molecule has 0 amide bonds. The van der Waals surface area contributed by atoms with Gasteiger partial charge >= 0.3 is 0 Å². The lowest BCUT2D eigenvalue weighted by Gasteiger charge is -2.01. The van der Waals surface area contributed by atoms with Crippen molar-refractivity contribution in [3.8, 4) is 0 Å². The van der Waals surface area contributed by atoms with Gasteiger partial charge in [0.05, 0.1) is 5.69 Å². The monoisotopic (exact) mass is 136 g/mol. The van der Waals surface area contributed by atoms with Gasteiger partial charge in [-0.3, -0.25) is 4.98 Å². The molecule has 1 heterocycles. The first-order valence-corrected chi connectivity index (χ1v) is 3.01. The van der Waals surface area contributed by atoms with Gasteiger partial charge in [-0.15, -0.1) is 0 Å². The summed E-state index contributed by atoms with van der Waals surface area (Å²) in [6, 6.07) is 0. The number of aryl methyl sites for hydroxylation is 1. The van der Waals surface area contributed by atoms with Gasteiger partial charge in [0.1, 0.15) is 0 Å². The van der Waals surface area contributed by atoms with Crippen molar-refractivity contribution < 1.29 is 0 Å². The average Bonchev–Trinajstić information content (AvgIpc) is 1.88. The van der Waals surface area contributed by atoms with Crippen molar-refractivity contribution in [3.63, 3.8) is 0 Å². The molecule has 3 N–H and O–H groups in total. The SMILES string of the molecule is Bc1cnc(NN)c(C)n1. The number of nitrogen functional groups attached to an aromatic ring is 1. The molecule has 0 saturated heterocycles. The Morgan fingerprint density at radius 1 is 1.70 bits per heavy atom. The van der Waals surface area contributed by atoms with Crippen LogP contribution in [0.15, 0.2) is 6.20 Å². The molecule has 52 valence electrons. The van der Waals surface area contributed by atoms with Crippen LogP contribution in [0.5, 0.6) is 0 Å². The summed E-state index contributed by atoms with van der Waals surface area (Å²) in [5, 5.41) is 0. The van der Waals surface area contributed by atoms with Crippen LogP contribution in [-0.2, 0) is 0 Å². The quantitative estimate of drug-likeness (QED) is 0.275. The molecule has 0 bridgehead atoms. The lowest BCUT2D eigenvalue weighted by atomic mass is 10.1. The first-order chi connectivity index (χ1) is 4.74. The van der Waals surface area contributed by atoms with Crippen molar-refractivity contribution in [1.29, 1.82) is 0 Å². The Hall–Kier alpha value is -1.10. The molecule has 10 heavy (non-hydrogen) atoms. The van der Waals surface area contributed by atoms with Gasteiger partial charge in [-0.05, 0) is 6.92 Å². The highest BCUT2D eigenvalue weighted by atomic mass is 15.3. The average molecular weight is 136 g/mol. The van der Waals surface area contributed by atoms with E-state index in [0.29, 0.717) is 5.82 Å². The van der Waals surface area contributed by atoms with Crippen LogP contribution < -0.4 is 16.9 Å². The molecule has 0 spiro atoms. The number of anilines is 1. The Morgan fingerprint density at radius 2 is 2.40 bits per heavy atom. The minimum absolute atomic E-state index is 0.630. The van der Waals surface area contributed by atoms with Crippen molar-refractivity contribution in [2.75, 3.05) is 5.43 Å². The molecule has 0 aliphatic carbocycles. The van der Waals surface area contributed by atoms with E-state index in [9.17, 15) is 0 Å². The Balaban J connectivity index is 3.07. The molecule has 0 saturated carbocycles. The number of nitrogens with two attached hydrogens (primary N) is 1. The standard InChI is InChI=1S/C5H9BN4/c1-3-5(10-7)8-2-4(6)9-3/h2H,6-7H2,1H3,(H,8,10). The second-order valence-electron chi connectivity index (χ2n) is 2.09. The van der Waals surface area contributed by atoms with Gasteiger partial charge in [0.25, 0.3) is 0 Å². The van der Waals surface area contributed by atoms with Crippen LogP contribution in [0.1, 0.15) is 5.69 Å². The molecule has 0 aromatic carbocycles. The van der Waals surface area contributed by atoms with Crippen molar-refractivity contribution in [2.45, 2.75) is 6.92 Å². The fourth-order valence-electron chi connectivity index (χ4n) is 0.739. The van der Waals surface area contributed by atoms with E-state index >= 15 is 0 Å². The zero-order valence-electron chi connectivity index (χ0n) is 6.05. The summed E-state index contributed by atoms with van der Waals surface area (Å²) in [6.45, 7) is 1.86. The third-order valence-electron chi connectivity index (χ3n) is 1.20. The predicted octanol–water partition coefficient (Wildman–Crippen LogP) is -1.67. The van der Waals surface area contributed by atoms with Crippen LogP contribution in [0.3, 0.4) is 0 Å². The number of rotatable bonds is 1. The number of nitrogens with zero attached hydrogens (tertiary/aromatic N) is 2. The Labute approximate surface area is 60.2 Å². The molecule has 4 nitrogen and oxygen atoms in total. The largest absolute Gasteiger partial charge is 0.307 e. The molecule has 0 radical (unpaired) electrons. The number of hydrazine groups is 1. The predicted molar refractivity (Wildman–Crippen MR) is 42.8 cm³/mol. The fraction of sp³-hybridized carbons (Fsp3) is 0.200. The number of hydrogen-bond donors (Lipinski definition) is 2. The van der Waals surface area contributed by atoms with Gasteiger partial charge < -0.3 is 5.43 Å². The van der Waals surface area contributed by atoms with Crippen LogP contribution in [0.25, 0.3) is 0 Å². The summed E-state index contributed by atoms with van der Waals surface area (Å²) >= 11 is 0. The molecular weight excluding hydrogens is 127 g/mol. The Kier molecular flexibility index (Phi) is 1.87. The first-order valence-electron chi connectivity index (χ1n) is 3.01. The minimum Gasteiger partial charge on any atom is -0.307 e. The molecule has 5 heteroatoms. The third kappa shape index (κ3) is 1.25. The topological polar surface area (TPSA) is 63.8 Å². The van der Waals surface area contributed by atoms with E-state index in [1.54, 1.807) is 6.20 Å². The maximum atomic E-state index is 5.15. The summed E-state index contributed by atoms with van der Waals surface area (Å²) in [5.41, 5.74) is 4.17. The Bertz CT molecular complexity index is 237. The van der Waals surface area contributed by atoms with Gasteiger partial charge in [0, 0.05) is 11.8 Å². The smallest absolute Gasteiger partial charge is 0.166 e. The van der Waals surface area contributed by atoms with E-state index < -0.39 is 0 Å². The number of nitrogens with one attached hydrogen (secondary N) is 1. The lowest BCUT2D eigenvalue weighted by molar-refractivity contribution is 1.12. The highest BCUT2D eigenvalue weighted by Gasteiger charge is 1.96. The molecule has 0 atom stereocenters. The zero-order valence-corrected chi connectivity index (χ0v) is 6.05. The molecule has 1 rings (SSSR count). The van der Waals surface area contributed by atoms with E-state index in [4.69, 9.17) is 5.84 Å².